The first-order valence-electron chi connectivity index (χ1n) is 17.0. The molecule has 0 spiro atoms. The van der Waals surface area contributed by atoms with Gasteiger partial charge in [-0.15, -0.1) is 0 Å². The van der Waals surface area contributed by atoms with Crippen LogP contribution in [0.5, 0.6) is 0 Å². The second kappa shape index (κ2) is 11.2. The van der Waals surface area contributed by atoms with Gasteiger partial charge < -0.3 is 24.7 Å². The minimum Gasteiger partial charge on any atom is -0.338 e. The fourth-order valence-corrected chi connectivity index (χ4v) is 8.61. The number of piperidine rings is 1. The number of fused-ring (bicyclic) bond motifs is 4. The van der Waals surface area contributed by atoms with Crippen molar-refractivity contribution in [3.63, 3.8) is 0 Å². The fourth-order valence-electron chi connectivity index (χ4n) is 8.29. The first kappa shape index (κ1) is 29.5. The maximum absolute atomic E-state index is 13.8. The average molecular weight is 658 g/mol. The first-order chi connectivity index (χ1) is 23.4. The fraction of sp³-hybridized carbons (Fsp3) is 0.368. The van der Waals surface area contributed by atoms with Crippen LogP contribution < -0.4 is 5.73 Å². The van der Waals surface area contributed by atoms with Crippen LogP contribution in [0.3, 0.4) is 0 Å². The number of halogens is 1. The zero-order valence-electron chi connectivity index (χ0n) is 26.6. The summed E-state index contributed by atoms with van der Waals surface area (Å²) in [6.45, 7) is 3.47. The number of benzene rings is 3. The van der Waals surface area contributed by atoms with Gasteiger partial charge in [0.2, 0.25) is 0 Å². The highest BCUT2D eigenvalue weighted by atomic mass is 35.5. The van der Waals surface area contributed by atoms with E-state index >= 15 is 0 Å². The molecule has 2 saturated carbocycles. The highest BCUT2D eigenvalue weighted by Gasteiger charge is 2.47. The Hall–Kier alpha value is -4.65. The zero-order valence-corrected chi connectivity index (χ0v) is 27.3. The van der Waals surface area contributed by atoms with Crippen molar-refractivity contribution in [2.45, 2.75) is 50.9 Å². The first-order valence-corrected chi connectivity index (χ1v) is 17.4. The second-order valence-corrected chi connectivity index (χ2v) is 14.6. The Morgan fingerprint density at radius 3 is 2.35 bits per heavy atom. The summed E-state index contributed by atoms with van der Waals surface area (Å²) >= 11 is 7.12. The molecule has 2 saturated heterocycles. The van der Waals surface area contributed by atoms with Crippen molar-refractivity contribution >= 4 is 45.4 Å². The number of amides is 2. The van der Waals surface area contributed by atoms with Gasteiger partial charge in [0.05, 0.1) is 33.4 Å². The van der Waals surface area contributed by atoms with E-state index < -0.39 is 0 Å². The van der Waals surface area contributed by atoms with Crippen molar-refractivity contribution < 1.29 is 9.59 Å². The van der Waals surface area contributed by atoms with Gasteiger partial charge in [0, 0.05) is 72.8 Å². The quantitative estimate of drug-likeness (QED) is 0.233. The van der Waals surface area contributed by atoms with Gasteiger partial charge in [-0.3, -0.25) is 9.59 Å². The van der Waals surface area contributed by atoms with Crippen LogP contribution in [0.2, 0.25) is 5.02 Å². The molecular formula is C38H36ClN7O2. The standard InChI is InChI=1S/C38H36ClN7O2/c39-29-13-28(38(48)45-21-27-11-12-32(45)34(27)41)14-30-35(29)46(20-24-17-43(18-24)37(47)25-9-7-22(16-40)8-10-25)36(42-30)33-15-26-3-1-2-4-31(26)44(33)19-23-5-6-23/h1-4,7-10,13-15,23-24,27,32,34H,5-6,11-12,17-21,41H2/t27-,32-,34-/m1/s1. The monoisotopic (exact) mass is 657 g/mol. The topological polar surface area (TPSA) is 113 Å². The lowest BCUT2D eigenvalue weighted by molar-refractivity contribution is 0.0471. The van der Waals surface area contributed by atoms with E-state index in [0.29, 0.717) is 65.2 Å². The SMILES string of the molecule is N#Cc1ccc(C(=O)N2CC(Cn3c(-c4cc5ccccc5n4CC4CC4)nc4cc(C(=O)N5C[C@H]6CC[C@@H]5[C@@H]6N)cc(Cl)c43)C2)cc1. The van der Waals surface area contributed by atoms with Crippen LogP contribution >= 0.6 is 11.6 Å². The summed E-state index contributed by atoms with van der Waals surface area (Å²) in [6.07, 6.45) is 4.49. The Kier molecular flexibility index (Phi) is 6.89. The minimum absolute atomic E-state index is 0.0312. The van der Waals surface area contributed by atoms with E-state index in [9.17, 15) is 9.59 Å². The molecule has 9 nitrogen and oxygen atoms in total. The number of para-hydroxylation sites is 1. The lowest BCUT2D eigenvalue weighted by atomic mass is 9.98. The lowest BCUT2D eigenvalue weighted by Gasteiger charge is -2.39. The molecule has 2 N–H and O–H groups in total. The van der Waals surface area contributed by atoms with Crippen LogP contribution in [0.25, 0.3) is 33.5 Å². The molecule has 3 atom stereocenters. The molecule has 10 heteroatoms. The summed E-state index contributed by atoms with van der Waals surface area (Å²) in [5.41, 5.74) is 11.8. The summed E-state index contributed by atoms with van der Waals surface area (Å²) in [7, 11) is 0. The van der Waals surface area contributed by atoms with E-state index in [2.05, 4.69) is 45.5 Å². The minimum atomic E-state index is -0.0347. The normalized spacial score (nSPS) is 22.1. The van der Waals surface area contributed by atoms with Crippen LogP contribution in [-0.4, -0.2) is 67.5 Å². The summed E-state index contributed by atoms with van der Waals surface area (Å²) in [5, 5.41) is 10.8. The van der Waals surface area contributed by atoms with Gasteiger partial charge in [-0.2, -0.15) is 5.26 Å². The Morgan fingerprint density at radius 1 is 0.875 bits per heavy atom. The van der Waals surface area contributed by atoms with Crippen LogP contribution in [0.15, 0.2) is 66.7 Å². The van der Waals surface area contributed by atoms with Crippen molar-refractivity contribution in [1.29, 1.82) is 5.26 Å². The Balaban J connectivity index is 1.09. The largest absolute Gasteiger partial charge is 0.338 e. The number of carbonyl (C=O) groups is 2. The van der Waals surface area contributed by atoms with Crippen molar-refractivity contribution in [2.24, 2.45) is 23.5 Å². The predicted molar refractivity (Wildman–Crippen MR) is 184 cm³/mol. The molecule has 2 aliphatic heterocycles. The predicted octanol–water partition coefficient (Wildman–Crippen LogP) is 5.93. The molecule has 0 unspecified atom stereocenters. The summed E-state index contributed by atoms with van der Waals surface area (Å²) in [4.78, 5) is 36.1. The molecule has 2 amide bonds. The highest BCUT2D eigenvalue weighted by Crippen LogP contribution is 2.40. The van der Waals surface area contributed by atoms with Crippen molar-refractivity contribution in [1.82, 2.24) is 23.9 Å². The van der Waals surface area contributed by atoms with Gasteiger partial charge in [0.25, 0.3) is 11.8 Å². The van der Waals surface area contributed by atoms with E-state index in [4.69, 9.17) is 27.6 Å². The molecule has 9 rings (SSSR count). The van der Waals surface area contributed by atoms with Crippen LogP contribution in [0, 0.1) is 29.1 Å². The van der Waals surface area contributed by atoms with Gasteiger partial charge in [-0.25, -0.2) is 4.98 Å². The molecule has 2 bridgehead atoms. The number of carbonyl (C=O) groups excluding carboxylic acids is 2. The van der Waals surface area contributed by atoms with Crippen LogP contribution in [-0.2, 0) is 13.1 Å². The Labute approximate surface area is 283 Å². The van der Waals surface area contributed by atoms with Crippen LogP contribution in [0.4, 0.5) is 0 Å². The number of nitrogens with two attached hydrogens (primary N) is 1. The molecule has 48 heavy (non-hydrogen) atoms. The molecule has 4 fully saturated rings. The Morgan fingerprint density at radius 2 is 1.65 bits per heavy atom. The number of hydrogen-bond acceptors (Lipinski definition) is 5. The van der Waals surface area contributed by atoms with E-state index in [1.807, 2.05) is 15.9 Å². The second-order valence-electron chi connectivity index (χ2n) is 14.2. The van der Waals surface area contributed by atoms with E-state index in [-0.39, 0.29) is 29.8 Å². The lowest BCUT2D eigenvalue weighted by Crippen LogP contribution is -2.51. The van der Waals surface area contributed by atoms with Gasteiger partial charge in [0.15, 0.2) is 5.82 Å². The number of hydrogen-bond donors (Lipinski definition) is 1. The van der Waals surface area contributed by atoms with Crippen molar-refractivity contribution in [3.05, 3.63) is 88.4 Å². The van der Waals surface area contributed by atoms with Gasteiger partial charge in [-0.05, 0) is 86.1 Å². The van der Waals surface area contributed by atoms with Crippen LogP contribution in [0.1, 0.15) is 52.0 Å². The van der Waals surface area contributed by atoms with Gasteiger partial charge in [0.1, 0.15) is 0 Å². The molecule has 5 aromatic rings. The molecule has 4 aliphatic rings. The third kappa shape index (κ3) is 4.81. The number of rotatable bonds is 7. The third-order valence-corrected chi connectivity index (χ3v) is 11.4. The molecule has 3 aromatic carbocycles. The molecule has 2 aromatic heterocycles. The van der Waals surface area contributed by atoms with Crippen molar-refractivity contribution in [3.8, 4) is 17.6 Å². The molecule has 4 heterocycles. The number of nitriles is 1. The molecular weight excluding hydrogens is 622 g/mol. The van der Waals surface area contributed by atoms with Crippen molar-refractivity contribution in [2.75, 3.05) is 19.6 Å². The number of imidazole rings is 1. The van der Waals surface area contributed by atoms with Gasteiger partial charge in [-0.1, -0.05) is 29.8 Å². The summed E-state index contributed by atoms with van der Waals surface area (Å²) in [5.74, 6) is 1.98. The zero-order chi connectivity index (χ0) is 32.7. The summed E-state index contributed by atoms with van der Waals surface area (Å²) in [6, 6.07) is 23.4. The third-order valence-electron chi connectivity index (χ3n) is 11.1. The number of likely N-dealkylation sites (tertiary alicyclic amines) is 2. The highest BCUT2D eigenvalue weighted by molar-refractivity contribution is 6.35. The van der Waals surface area contributed by atoms with Gasteiger partial charge >= 0.3 is 0 Å². The number of nitrogens with zero attached hydrogens (tertiary/aromatic N) is 6. The number of aromatic nitrogens is 3. The smallest absolute Gasteiger partial charge is 0.254 e. The molecule has 2 aliphatic carbocycles. The van der Waals surface area contributed by atoms with E-state index in [0.717, 1.165) is 41.8 Å². The van der Waals surface area contributed by atoms with E-state index in [1.54, 1.807) is 30.3 Å². The maximum atomic E-state index is 13.8. The average Bonchev–Trinajstić information content (AvgIpc) is 3.43. The maximum Gasteiger partial charge on any atom is 0.254 e. The summed E-state index contributed by atoms with van der Waals surface area (Å²) < 4.78 is 4.61. The molecule has 242 valence electrons. The Bertz CT molecular complexity index is 2150. The molecule has 0 radical (unpaired) electrons. The van der Waals surface area contributed by atoms with E-state index in [1.165, 1.54) is 18.4 Å².